The van der Waals surface area contributed by atoms with Crippen LogP contribution in [0, 0.1) is 6.92 Å². The number of carbonyl (C=O) groups excluding carboxylic acids is 2. The summed E-state index contributed by atoms with van der Waals surface area (Å²) in [5, 5.41) is 3.01. The van der Waals surface area contributed by atoms with Gasteiger partial charge in [-0.05, 0) is 56.5 Å². The third kappa shape index (κ3) is 7.31. The van der Waals surface area contributed by atoms with Gasteiger partial charge >= 0.3 is 0 Å². The number of nitrogens with zero attached hydrogens (tertiary/aromatic N) is 1. The molecule has 0 aliphatic heterocycles. The molecule has 2 amide bonds. The van der Waals surface area contributed by atoms with Crippen LogP contribution in [0.15, 0.2) is 48.5 Å². The van der Waals surface area contributed by atoms with Crippen LogP contribution in [0.4, 0.5) is 0 Å². The molecule has 0 bridgehead atoms. The second kappa shape index (κ2) is 12.0. The van der Waals surface area contributed by atoms with Crippen molar-refractivity contribution in [3.63, 3.8) is 0 Å². The molecule has 6 heteroatoms. The van der Waals surface area contributed by atoms with Gasteiger partial charge in [-0.1, -0.05) is 43.7 Å². The van der Waals surface area contributed by atoms with E-state index in [4.69, 9.17) is 9.47 Å². The summed E-state index contributed by atoms with van der Waals surface area (Å²) in [6.45, 7) is 8.03. The van der Waals surface area contributed by atoms with E-state index >= 15 is 0 Å². The van der Waals surface area contributed by atoms with Crippen molar-refractivity contribution in [2.24, 2.45) is 0 Å². The fourth-order valence-corrected chi connectivity index (χ4v) is 3.19. The molecule has 0 saturated heterocycles. The van der Waals surface area contributed by atoms with E-state index in [9.17, 15) is 9.59 Å². The fourth-order valence-electron chi connectivity index (χ4n) is 3.19. The highest BCUT2D eigenvalue weighted by molar-refractivity contribution is 5.88. The lowest BCUT2D eigenvalue weighted by atomic mass is 10.1. The van der Waals surface area contributed by atoms with E-state index in [1.807, 2.05) is 76.2 Å². The van der Waals surface area contributed by atoms with Gasteiger partial charge in [-0.15, -0.1) is 0 Å². The molecule has 31 heavy (non-hydrogen) atoms. The molecular weight excluding hydrogens is 392 g/mol. The topological polar surface area (TPSA) is 67.9 Å². The van der Waals surface area contributed by atoms with Crippen molar-refractivity contribution in [2.75, 3.05) is 13.7 Å². The third-order valence-electron chi connectivity index (χ3n) is 5.26. The predicted octanol–water partition coefficient (Wildman–Crippen LogP) is 4.10. The average molecular weight is 427 g/mol. The molecule has 0 aliphatic rings. The van der Waals surface area contributed by atoms with Gasteiger partial charge in [0.15, 0.2) is 6.61 Å². The number of ether oxygens (including phenoxy) is 2. The Hall–Kier alpha value is -3.02. The summed E-state index contributed by atoms with van der Waals surface area (Å²) < 4.78 is 11.0. The number of carbonyl (C=O) groups is 2. The third-order valence-corrected chi connectivity index (χ3v) is 5.26. The van der Waals surface area contributed by atoms with Crippen molar-refractivity contribution in [1.29, 1.82) is 0 Å². The van der Waals surface area contributed by atoms with Gasteiger partial charge in [0.05, 0.1) is 7.11 Å². The van der Waals surface area contributed by atoms with Gasteiger partial charge in [0.25, 0.3) is 5.91 Å². The first-order chi connectivity index (χ1) is 14.9. The Labute approximate surface area is 185 Å². The second-order valence-corrected chi connectivity index (χ2v) is 7.72. The van der Waals surface area contributed by atoms with Crippen molar-refractivity contribution in [3.8, 4) is 11.5 Å². The minimum atomic E-state index is -0.589. The standard InChI is InChI=1S/C25H34N2O4/c1-6-19(4)26-25(29)23(7-2)27(16-20-9-8-10-22(15-20)30-5)24(28)17-31-21-13-11-18(3)12-14-21/h8-15,19,23H,6-7,16-17H2,1-5H3,(H,26,29)/t19-,23+/m1/s1. The van der Waals surface area contributed by atoms with E-state index in [0.717, 1.165) is 17.5 Å². The van der Waals surface area contributed by atoms with Gasteiger partial charge in [-0.2, -0.15) is 0 Å². The van der Waals surface area contributed by atoms with Gasteiger partial charge in [-0.25, -0.2) is 0 Å². The van der Waals surface area contributed by atoms with Crippen LogP contribution >= 0.6 is 0 Å². The molecule has 2 aromatic carbocycles. The highest BCUT2D eigenvalue weighted by Crippen LogP contribution is 2.18. The Morgan fingerprint density at radius 3 is 2.35 bits per heavy atom. The van der Waals surface area contributed by atoms with Crippen LogP contribution < -0.4 is 14.8 Å². The molecule has 0 aliphatic carbocycles. The van der Waals surface area contributed by atoms with Gasteiger partial charge in [0.2, 0.25) is 5.91 Å². The van der Waals surface area contributed by atoms with E-state index in [1.165, 1.54) is 0 Å². The molecule has 6 nitrogen and oxygen atoms in total. The van der Waals surface area contributed by atoms with Crippen molar-refractivity contribution in [2.45, 2.75) is 59.2 Å². The van der Waals surface area contributed by atoms with Crippen molar-refractivity contribution in [3.05, 3.63) is 59.7 Å². The van der Waals surface area contributed by atoms with E-state index < -0.39 is 6.04 Å². The molecule has 0 fully saturated rings. The van der Waals surface area contributed by atoms with Crippen LogP contribution in [0.2, 0.25) is 0 Å². The van der Waals surface area contributed by atoms with E-state index in [-0.39, 0.29) is 24.5 Å². The highest BCUT2D eigenvalue weighted by Gasteiger charge is 2.29. The Kier molecular flexibility index (Phi) is 9.38. The maximum Gasteiger partial charge on any atom is 0.261 e. The molecule has 2 aromatic rings. The number of hydrogen-bond donors (Lipinski definition) is 1. The zero-order valence-electron chi connectivity index (χ0n) is 19.2. The lowest BCUT2D eigenvalue weighted by Gasteiger charge is -2.31. The van der Waals surface area contributed by atoms with E-state index in [2.05, 4.69) is 5.32 Å². The summed E-state index contributed by atoms with van der Waals surface area (Å²) in [6.07, 6.45) is 1.32. The van der Waals surface area contributed by atoms with Crippen molar-refractivity contribution >= 4 is 11.8 Å². The first-order valence-electron chi connectivity index (χ1n) is 10.8. The predicted molar refractivity (Wildman–Crippen MR) is 122 cm³/mol. The second-order valence-electron chi connectivity index (χ2n) is 7.72. The molecule has 0 saturated carbocycles. The molecule has 0 heterocycles. The van der Waals surface area contributed by atoms with Gasteiger partial charge in [0, 0.05) is 12.6 Å². The molecular formula is C25H34N2O4. The summed E-state index contributed by atoms with van der Waals surface area (Å²) in [4.78, 5) is 27.7. The van der Waals surface area contributed by atoms with Crippen LogP contribution in [0.3, 0.4) is 0 Å². The lowest BCUT2D eigenvalue weighted by Crippen LogP contribution is -2.51. The van der Waals surface area contributed by atoms with Crippen LogP contribution in [0.5, 0.6) is 11.5 Å². The summed E-state index contributed by atoms with van der Waals surface area (Å²) in [7, 11) is 1.60. The van der Waals surface area contributed by atoms with Crippen LogP contribution in [0.25, 0.3) is 0 Å². The Morgan fingerprint density at radius 2 is 1.74 bits per heavy atom. The maximum atomic E-state index is 13.2. The molecule has 1 N–H and O–H groups in total. The Morgan fingerprint density at radius 1 is 1.03 bits per heavy atom. The number of nitrogens with one attached hydrogen (secondary N) is 1. The lowest BCUT2D eigenvalue weighted by molar-refractivity contribution is -0.143. The Balaban J connectivity index is 2.22. The Bertz CT molecular complexity index is 851. The van der Waals surface area contributed by atoms with Crippen molar-refractivity contribution < 1.29 is 19.1 Å². The molecule has 0 radical (unpaired) electrons. The summed E-state index contributed by atoms with van der Waals surface area (Å²) in [6, 6.07) is 14.5. The molecule has 0 spiro atoms. The average Bonchev–Trinajstić information content (AvgIpc) is 2.78. The number of methoxy groups -OCH3 is 1. The number of benzene rings is 2. The number of rotatable bonds is 11. The van der Waals surface area contributed by atoms with Crippen LogP contribution in [-0.4, -0.2) is 42.5 Å². The van der Waals surface area contributed by atoms with Gasteiger partial charge in [-0.3, -0.25) is 9.59 Å². The zero-order valence-corrected chi connectivity index (χ0v) is 19.2. The molecule has 0 aromatic heterocycles. The van der Waals surface area contributed by atoms with E-state index in [1.54, 1.807) is 12.0 Å². The van der Waals surface area contributed by atoms with Gasteiger partial charge < -0.3 is 19.7 Å². The first-order valence-corrected chi connectivity index (χ1v) is 10.8. The van der Waals surface area contributed by atoms with Crippen molar-refractivity contribution in [1.82, 2.24) is 10.2 Å². The highest BCUT2D eigenvalue weighted by atomic mass is 16.5. The molecule has 168 valence electrons. The number of aryl methyl sites for hydroxylation is 1. The first kappa shape index (κ1) is 24.3. The number of amides is 2. The zero-order chi connectivity index (χ0) is 22.8. The largest absolute Gasteiger partial charge is 0.497 e. The maximum absolute atomic E-state index is 13.2. The van der Waals surface area contributed by atoms with Gasteiger partial charge in [0.1, 0.15) is 17.5 Å². The van der Waals surface area contributed by atoms with E-state index in [0.29, 0.717) is 24.5 Å². The summed E-state index contributed by atoms with van der Waals surface area (Å²) in [5.41, 5.74) is 2.00. The van der Waals surface area contributed by atoms with Crippen LogP contribution in [-0.2, 0) is 16.1 Å². The fraction of sp³-hybridized carbons (Fsp3) is 0.440. The minimum absolute atomic E-state index is 0.0409. The SMILES string of the molecule is CC[C@@H](C)NC(=O)[C@H](CC)N(Cc1cccc(OC)c1)C(=O)COc1ccc(C)cc1. The summed E-state index contributed by atoms with van der Waals surface area (Å²) >= 11 is 0. The molecule has 2 atom stereocenters. The number of hydrogen-bond acceptors (Lipinski definition) is 4. The monoisotopic (exact) mass is 426 g/mol. The summed E-state index contributed by atoms with van der Waals surface area (Å²) in [5.74, 6) is 0.938. The minimum Gasteiger partial charge on any atom is -0.497 e. The quantitative estimate of drug-likeness (QED) is 0.587. The molecule has 2 rings (SSSR count). The normalized spacial score (nSPS) is 12.5. The van der Waals surface area contributed by atoms with Crippen LogP contribution in [0.1, 0.15) is 44.7 Å². The molecule has 0 unspecified atom stereocenters. The smallest absolute Gasteiger partial charge is 0.261 e.